The van der Waals surface area contributed by atoms with E-state index in [0.717, 1.165) is 4.90 Å². The van der Waals surface area contributed by atoms with Gasteiger partial charge in [-0.3, -0.25) is 14.9 Å². The Morgan fingerprint density at radius 2 is 1.96 bits per heavy atom. The second kappa shape index (κ2) is 9.17. The molecule has 138 valence electrons. The molecule has 2 aromatic rings. The van der Waals surface area contributed by atoms with Crippen LogP contribution in [0.15, 0.2) is 42.5 Å². The van der Waals surface area contributed by atoms with Gasteiger partial charge in [0.05, 0.1) is 12.0 Å². The van der Waals surface area contributed by atoms with Gasteiger partial charge in [0.25, 0.3) is 11.6 Å². The van der Waals surface area contributed by atoms with E-state index in [9.17, 15) is 14.9 Å². The number of likely N-dealkylation sites (N-methyl/N-ethyl adjacent to an activating group) is 1. The van der Waals surface area contributed by atoms with E-state index < -0.39 is 4.92 Å². The number of quaternary nitrogens is 1. The topological polar surface area (TPSA) is 85.9 Å². The summed E-state index contributed by atoms with van der Waals surface area (Å²) in [4.78, 5) is 23.7. The molecule has 0 aliphatic carbocycles. The number of ether oxygens (including phenoxy) is 1. The summed E-state index contributed by atoms with van der Waals surface area (Å²) in [7, 11) is 1.86. The summed E-state index contributed by atoms with van der Waals surface area (Å²) in [5.41, 5.74) is 0.783. The molecule has 0 spiro atoms. The van der Waals surface area contributed by atoms with Crippen LogP contribution in [0.1, 0.15) is 5.56 Å². The van der Waals surface area contributed by atoms with Gasteiger partial charge in [-0.15, -0.1) is 0 Å². The monoisotopic (exact) mass is 378 g/mol. The van der Waals surface area contributed by atoms with Crippen molar-refractivity contribution in [2.75, 3.05) is 32.1 Å². The fraction of sp³-hybridized carbons (Fsp3) is 0.278. The van der Waals surface area contributed by atoms with Gasteiger partial charge in [0.2, 0.25) is 0 Å². The number of anilines is 1. The summed E-state index contributed by atoms with van der Waals surface area (Å²) in [6, 6.07) is 11.7. The lowest BCUT2D eigenvalue weighted by molar-refractivity contribution is -0.871. The second-order valence-electron chi connectivity index (χ2n) is 5.96. The Morgan fingerprint density at radius 1 is 1.27 bits per heavy atom. The Labute approximate surface area is 156 Å². The number of benzene rings is 2. The molecule has 0 fully saturated rings. The van der Waals surface area contributed by atoms with Crippen LogP contribution in [0.2, 0.25) is 5.02 Å². The highest BCUT2D eigenvalue weighted by Gasteiger charge is 2.19. The number of rotatable bonds is 8. The van der Waals surface area contributed by atoms with Crippen LogP contribution >= 0.6 is 11.6 Å². The molecule has 0 radical (unpaired) electrons. The van der Waals surface area contributed by atoms with Crippen molar-refractivity contribution in [3.8, 4) is 5.75 Å². The van der Waals surface area contributed by atoms with Crippen molar-refractivity contribution in [1.29, 1.82) is 0 Å². The highest BCUT2D eigenvalue weighted by molar-refractivity contribution is 6.30. The highest BCUT2D eigenvalue weighted by atomic mass is 35.5. The quantitative estimate of drug-likeness (QED) is 0.544. The maximum absolute atomic E-state index is 12.2. The number of carbonyl (C=O) groups is 1. The van der Waals surface area contributed by atoms with Crippen LogP contribution in [0.25, 0.3) is 0 Å². The number of hydrogen-bond donors (Lipinski definition) is 2. The molecule has 26 heavy (non-hydrogen) atoms. The maximum atomic E-state index is 12.2. The zero-order chi connectivity index (χ0) is 19.1. The molecule has 0 aromatic heterocycles. The first-order chi connectivity index (χ1) is 12.4. The first-order valence-corrected chi connectivity index (χ1v) is 8.48. The summed E-state index contributed by atoms with van der Waals surface area (Å²) < 4.78 is 5.60. The van der Waals surface area contributed by atoms with Gasteiger partial charge in [-0.25, -0.2) is 0 Å². The van der Waals surface area contributed by atoms with Crippen molar-refractivity contribution in [1.82, 2.24) is 0 Å². The fourth-order valence-corrected chi connectivity index (χ4v) is 2.51. The van der Waals surface area contributed by atoms with Gasteiger partial charge in [0.1, 0.15) is 24.6 Å². The summed E-state index contributed by atoms with van der Waals surface area (Å²) in [5, 5.41) is 14.4. The van der Waals surface area contributed by atoms with Gasteiger partial charge in [0.15, 0.2) is 6.54 Å². The molecule has 2 aromatic carbocycles. The highest BCUT2D eigenvalue weighted by Crippen LogP contribution is 2.27. The molecule has 0 heterocycles. The standard InChI is InChI=1S/C18H20ClN3O4/c1-13-4-3-5-16(22(24)25)18(13)20-17(23)12-21(2)10-11-26-15-8-6-14(19)7-9-15/h3-9H,10-12H2,1-2H3,(H,20,23)/p+1. The van der Waals surface area contributed by atoms with E-state index in [-0.39, 0.29) is 23.8 Å². The van der Waals surface area contributed by atoms with E-state index in [2.05, 4.69) is 5.32 Å². The van der Waals surface area contributed by atoms with E-state index in [4.69, 9.17) is 16.3 Å². The van der Waals surface area contributed by atoms with E-state index in [1.54, 1.807) is 43.3 Å². The van der Waals surface area contributed by atoms with E-state index in [0.29, 0.717) is 29.5 Å². The third kappa shape index (κ3) is 5.72. The van der Waals surface area contributed by atoms with Crippen molar-refractivity contribution in [2.24, 2.45) is 0 Å². The van der Waals surface area contributed by atoms with Crippen molar-refractivity contribution < 1.29 is 19.4 Å². The van der Waals surface area contributed by atoms with E-state index in [1.165, 1.54) is 6.07 Å². The Bertz CT molecular complexity index is 781. The number of amides is 1. The molecule has 0 aliphatic heterocycles. The lowest BCUT2D eigenvalue weighted by Gasteiger charge is -2.15. The number of nitro benzene ring substituents is 1. The smallest absolute Gasteiger partial charge is 0.293 e. The Balaban J connectivity index is 1.84. The minimum absolute atomic E-state index is 0.109. The van der Waals surface area contributed by atoms with Crippen LogP contribution in [0.4, 0.5) is 11.4 Å². The second-order valence-corrected chi connectivity index (χ2v) is 6.40. The zero-order valence-corrected chi connectivity index (χ0v) is 15.4. The van der Waals surface area contributed by atoms with Crippen molar-refractivity contribution in [2.45, 2.75) is 6.92 Å². The molecule has 0 aliphatic rings. The summed E-state index contributed by atoms with van der Waals surface area (Å²) in [6.45, 7) is 2.94. The number of nitro groups is 1. The molecule has 1 unspecified atom stereocenters. The first-order valence-electron chi connectivity index (χ1n) is 8.10. The molecule has 7 nitrogen and oxygen atoms in total. The van der Waals surface area contributed by atoms with Crippen LogP contribution in [-0.2, 0) is 4.79 Å². The average Bonchev–Trinajstić information content (AvgIpc) is 2.58. The van der Waals surface area contributed by atoms with Crippen LogP contribution < -0.4 is 15.0 Å². The van der Waals surface area contributed by atoms with Gasteiger partial charge in [-0.05, 0) is 36.8 Å². The van der Waals surface area contributed by atoms with Crippen LogP contribution in [0, 0.1) is 17.0 Å². The summed E-state index contributed by atoms with van der Waals surface area (Å²) in [5.74, 6) is 0.425. The lowest BCUT2D eigenvalue weighted by Crippen LogP contribution is -3.10. The molecular weight excluding hydrogens is 358 g/mol. The maximum Gasteiger partial charge on any atom is 0.293 e. The van der Waals surface area contributed by atoms with Gasteiger partial charge >= 0.3 is 0 Å². The number of para-hydroxylation sites is 1. The number of halogens is 1. The number of carbonyl (C=O) groups excluding carboxylic acids is 1. The normalized spacial score (nSPS) is 11.7. The Kier molecular flexibility index (Phi) is 6.94. The zero-order valence-electron chi connectivity index (χ0n) is 14.6. The van der Waals surface area contributed by atoms with E-state index in [1.807, 2.05) is 7.05 Å². The number of nitrogens with zero attached hydrogens (tertiary/aromatic N) is 1. The minimum atomic E-state index is -0.501. The molecule has 0 bridgehead atoms. The number of nitrogens with one attached hydrogen (secondary N) is 2. The molecule has 0 saturated carbocycles. The third-order valence-corrected chi connectivity index (χ3v) is 4.04. The molecule has 1 atom stereocenters. The van der Waals surface area contributed by atoms with Crippen molar-refractivity contribution >= 4 is 28.9 Å². The van der Waals surface area contributed by atoms with Crippen LogP contribution in [0.3, 0.4) is 0 Å². The predicted molar refractivity (Wildman–Crippen MR) is 100 cm³/mol. The van der Waals surface area contributed by atoms with E-state index >= 15 is 0 Å². The van der Waals surface area contributed by atoms with Crippen molar-refractivity contribution in [3.05, 3.63) is 63.2 Å². The fourth-order valence-electron chi connectivity index (χ4n) is 2.39. The lowest BCUT2D eigenvalue weighted by atomic mass is 10.1. The first kappa shape index (κ1) is 19.7. The van der Waals surface area contributed by atoms with Gasteiger partial charge < -0.3 is 15.0 Å². The Hall–Kier alpha value is -2.64. The molecule has 2 rings (SSSR count). The summed E-state index contributed by atoms with van der Waals surface area (Å²) in [6.07, 6.45) is 0. The molecule has 2 N–H and O–H groups in total. The number of aryl methyl sites for hydroxylation is 1. The minimum Gasteiger partial charge on any atom is -0.488 e. The molecule has 0 saturated heterocycles. The third-order valence-electron chi connectivity index (χ3n) is 3.79. The molecule has 8 heteroatoms. The van der Waals surface area contributed by atoms with Gasteiger partial charge in [0, 0.05) is 11.1 Å². The Morgan fingerprint density at radius 3 is 2.62 bits per heavy atom. The van der Waals surface area contributed by atoms with Crippen molar-refractivity contribution in [3.63, 3.8) is 0 Å². The van der Waals surface area contributed by atoms with Gasteiger partial charge in [-0.2, -0.15) is 0 Å². The van der Waals surface area contributed by atoms with Crippen LogP contribution in [0.5, 0.6) is 5.75 Å². The average molecular weight is 379 g/mol. The SMILES string of the molecule is Cc1cccc([N+](=O)[O-])c1NC(=O)C[NH+](C)CCOc1ccc(Cl)cc1. The van der Waals surface area contributed by atoms with Crippen LogP contribution in [-0.4, -0.2) is 37.6 Å². The predicted octanol–water partition coefficient (Wildman–Crippen LogP) is 2.09. The molecular formula is C18H21ClN3O4+. The largest absolute Gasteiger partial charge is 0.488 e. The number of hydrogen-bond acceptors (Lipinski definition) is 4. The summed E-state index contributed by atoms with van der Waals surface area (Å²) >= 11 is 5.82. The molecule has 1 amide bonds. The van der Waals surface area contributed by atoms with Gasteiger partial charge in [-0.1, -0.05) is 23.7 Å².